The number of hydrogen-bond acceptors (Lipinski definition) is 5. The summed E-state index contributed by atoms with van der Waals surface area (Å²) < 4.78 is 17.9. The second kappa shape index (κ2) is 11.0. The molecule has 1 saturated heterocycles. The summed E-state index contributed by atoms with van der Waals surface area (Å²) >= 11 is 0. The Bertz CT molecular complexity index is 1630. The molecule has 0 spiro atoms. The third-order valence-corrected chi connectivity index (χ3v) is 7.47. The number of likely N-dealkylation sites (tertiary alicyclic amines) is 1. The van der Waals surface area contributed by atoms with Gasteiger partial charge in [0.25, 0.3) is 11.5 Å². The third kappa shape index (κ3) is 5.47. The number of hydrogen-bond donors (Lipinski definition) is 2. The lowest BCUT2D eigenvalue weighted by Crippen LogP contribution is -2.50. The normalized spacial score (nSPS) is 17.1. The zero-order valence-electron chi connectivity index (χ0n) is 22.4. The molecule has 40 heavy (non-hydrogen) atoms. The predicted octanol–water partition coefficient (Wildman–Crippen LogP) is 3.59. The van der Waals surface area contributed by atoms with Crippen molar-refractivity contribution in [2.75, 3.05) is 18.4 Å². The van der Waals surface area contributed by atoms with Gasteiger partial charge in [-0.25, -0.2) is 14.0 Å². The maximum atomic E-state index is 15.2. The molecule has 0 bridgehead atoms. The SMILES string of the molecule is CC(C)n1c(=O)n(CC2CC2)c(=O)c2cc(NC(=O)N3CCCC(NC(=O)c4ccc(C#N)cc4)C3)c(F)cc21. The van der Waals surface area contributed by atoms with Gasteiger partial charge in [0.2, 0.25) is 0 Å². The van der Waals surface area contributed by atoms with Crippen LogP contribution in [0.15, 0.2) is 46.0 Å². The number of rotatable bonds is 6. The molecule has 1 aliphatic carbocycles. The predicted molar refractivity (Wildman–Crippen MR) is 148 cm³/mol. The number of nitriles is 1. The molecule has 1 atom stereocenters. The van der Waals surface area contributed by atoms with Crippen LogP contribution in [-0.2, 0) is 6.54 Å². The summed E-state index contributed by atoms with van der Waals surface area (Å²) in [7, 11) is 0. The van der Waals surface area contributed by atoms with Crippen LogP contribution >= 0.6 is 0 Å². The molecule has 2 heterocycles. The Hall–Kier alpha value is -4.46. The van der Waals surface area contributed by atoms with E-state index < -0.39 is 23.1 Å². The Morgan fingerprint density at radius 2 is 1.85 bits per heavy atom. The first-order valence-electron chi connectivity index (χ1n) is 13.5. The van der Waals surface area contributed by atoms with E-state index in [0.717, 1.165) is 18.9 Å². The number of anilines is 1. The van der Waals surface area contributed by atoms with Crippen molar-refractivity contribution in [2.24, 2.45) is 5.92 Å². The van der Waals surface area contributed by atoms with Crippen molar-refractivity contribution in [1.82, 2.24) is 19.4 Å². The van der Waals surface area contributed by atoms with E-state index in [1.807, 2.05) is 6.07 Å². The van der Waals surface area contributed by atoms with Crippen LogP contribution in [0.2, 0.25) is 0 Å². The van der Waals surface area contributed by atoms with E-state index in [1.54, 1.807) is 38.1 Å². The highest BCUT2D eigenvalue weighted by atomic mass is 19.1. The molecule has 2 aromatic carbocycles. The minimum atomic E-state index is -0.753. The molecule has 208 valence electrons. The molecule has 11 heteroatoms. The summed E-state index contributed by atoms with van der Waals surface area (Å²) in [5.41, 5.74) is -0.0550. The summed E-state index contributed by atoms with van der Waals surface area (Å²) in [6.45, 7) is 4.57. The number of fused-ring (bicyclic) bond motifs is 1. The van der Waals surface area contributed by atoms with Crippen molar-refractivity contribution in [3.8, 4) is 6.07 Å². The summed E-state index contributed by atoms with van der Waals surface area (Å²) in [6.07, 6.45) is 3.23. The molecule has 3 aromatic rings. The van der Waals surface area contributed by atoms with Crippen molar-refractivity contribution < 1.29 is 14.0 Å². The number of carbonyl (C=O) groups is 2. The van der Waals surface area contributed by atoms with Crippen LogP contribution in [0.1, 0.15) is 61.5 Å². The van der Waals surface area contributed by atoms with Gasteiger partial charge in [0.05, 0.1) is 28.2 Å². The van der Waals surface area contributed by atoms with Gasteiger partial charge in [-0.15, -0.1) is 0 Å². The molecule has 2 fully saturated rings. The lowest BCUT2D eigenvalue weighted by Gasteiger charge is -2.33. The van der Waals surface area contributed by atoms with E-state index in [1.165, 1.54) is 20.1 Å². The highest BCUT2D eigenvalue weighted by molar-refractivity contribution is 5.95. The Morgan fingerprint density at radius 1 is 1.12 bits per heavy atom. The summed E-state index contributed by atoms with van der Waals surface area (Å²) in [6, 6.07) is 9.56. The molecular formula is C29H31FN6O4. The zero-order chi connectivity index (χ0) is 28.6. The smallest absolute Gasteiger partial charge is 0.331 e. The first kappa shape index (κ1) is 27.1. The van der Waals surface area contributed by atoms with Gasteiger partial charge in [-0.2, -0.15) is 5.26 Å². The van der Waals surface area contributed by atoms with Crippen LogP contribution in [0.4, 0.5) is 14.9 Å². The van der Waals surface area contributed by atoms with E-state index in [4.69, 9.17) is 5.26 Å². The van der Waals surface area contributed by atoms with Gasteiger partial charge in [-0.1, -0.05) is 0 Å². The van der Waals surface area contributed by atoms with Gasteiger partial charge in [0, 0.05) is 43.3 Å². The first-order valence-corrected chi connectivity index (χ1v) is 13.5. The van der Waals surface area contributed by atoms with Crippen LogP contribution in [-0.4, -0.2) is 45.1 Å². The van der Waals surface area contributed by atoms with Crippen LogP contribution in [0, 0.1) is 23.1 Å². The van der Waals surface area contributed by atoms with Crippen molar-refractivity contribution >= 4 is 28.5 Å². The summed E-state index contributed by atoms with van der Waals surface area (Å²) in [5.74, 6) is -0.778. The number of piperidine rings is 1. The highest BCUT2D eigenvalue weighted by Gasteiger charge is 2.28. The van der Waals surface area contributed by atoms with E-state index in [0.29, 0.717) is 37.1 Å². The minimum Gasteiger partial charge on any atom is -0.348 e. The monoisotopic (exact) mass is 546 g/mol. The third-order valence-electron chi connectivity index (χ3n) is 7.47. The number of amides is 3. The fourth-order valence-electron chi connectivity index (χ4n) is 5.15. The van der Waals surface area contributed by atoms with E-state index in [-0.39, 0.29) is 47.0 Å². The topological polar surface area (TPSA) is 129 Å². The molecule has 10 nitrogen and oxygen atoms in total. The zero-order valence-corrected chi connectivity index (χ0v) is 22.4. The van der Waals surface area contributed by atoms with E-state index in [2.05, 4.69) is 10.6 Å². The molecule has 1 aromatic heterocycles. The van der Waals surface area contributed by atoms with Crippen LogP contribution in [0.3, 0.4) is 0 Å². The number of nitrogens with zero attached hydrogens (tertiary/aromatic N) is 4. The largest absolute Gasteiger partial charge is 0.348 e. The number of urea groups is 1. The van der Waals surface area contributed by atoms with Gasteiger partial charge >= 0.3 is 11.7 Å². The lowest BCUT2D eigenvalue weighted by molar-refractivity contribution is 0.0913. The van der Waals surface area contributed by atoms with Crippen molar-refractivity contribution in [3.63, 3.8) is 0 Å². The fraction of sp³-hybridized carbons (Fsp3) is 0.414. The number of nitrogens with one attached hydrogen (secondary N) is 2. The molecule has 0 radical (unpaired) electrons. The number of halogens is 1. The van der Waals surface area contributed by atoms with Gasteiger partial charge < -0.3 is 15.5 Å². The first-order chi connectivity index (χ1) is 19.2. The summed E-state index contributed by atoms with van der Waals surface area (Å²) in [4.78, 5) is 53.7. The molecular weight excluding hydrogens is 515 g/mol. The molecule has 5 rings (SSSR count). The molecule has 2 N–H and O–H groups in total. The van der Waals surface area contributed by atoms with E-state index in [9.17, 15) is 19.2 Å². The average Bonchev–Trinajstić information content (AvgIpc) is 3.76. The fourth-order valence-corrected chi connectivity index (χ4v) is 5.15. The van der Waals surface area contributed by atoms with Crippen LogP contribution < -0.4 is 21.9 Å². The highest BCUT2D eigenvalue weighted by Crippen LogP contribution is 2.30. The molecule has 3 amide bonds. The van der Waals surface area contributed by atoms with Gasteiger partial charge in [0.15, 0.2) is 0 Å². The van der Waals surface area contributed by atoms with Crippen LogP contribution in [0.5, 0.6) is 0 Å². The Morgan fingerprint density at radius 3 is 2.50 bits per heavy atom. The lowest BCUT2D eigenvalue weighted by atomic mass is 10.0. The van der Waals surface area contributed by atoms with Crippen molar-refractivity contribution in [2.45, 2.75) is 58.2 Å². The molecule has 1 saturated carbocycles. The minimum absolute atomic E-state index is 0.148. The average molecular weight is 547 g/mol. The van der Waals surface area contributed by atoms with Gasteiger partial charge in [-0.3, -0.25) is 18.7 Å². The number of carbonyl (C=O) groups excluding carboxylic acids is 2. The second-order valence-electron chi connectivity index (χ2n) is 10.8. The quantitative estimate of drug-likeness (QED) is 0.488. The molecule has 1 unspecified atom stereocenters. The Kier molecular flexibility index (Phi) is 7.43. The van der Waals surface area contributed by atoms with Crippen molar-refractivity contribution in [1.29, 1.82) is 5.26 Å². The van der Waals surface area contributed by atoms with Gasteiger partial charge in [-0.05, 0) is 75.8 Å². The van der Waals surface area contributed by atoms with Crippen molar-refractivity contribution in [3.05, 3.63) is 74.2 Å². The van der Waals surface area contributed by atoms with Crippen LogP contribution in [0.25, 0.3) is 10.9 Å². The Labute approximate surface area is 230 Å². The maximum Gasteiger partial charge on any atom is 0.331 e. The Balaban J connectivity index is 1.35. The van der Waals surface area contributed by atoms with Gasteiger partial charge in [0.1, 0.15) is 5.82 Å². The summed E-state index contributed by atoms with van der Waals surface area (Å²) in [5, 5.41) is 14.6. The second-order valence-corrected chi connectivity index (χ2v) is 10.8. The molecule has 1 aliphatic heterocycles. The maximum absolute atomic E-state index is 15.2. The van der Waals surface area contributed by atoms with E-state index >= 15 is 4.39 Å². The standard InChI is InChI=1S/C29H31FN6O4/c1-17(2)36-25-13-23(30)24(12-22(25)27(38)35(29(36)40)15-19-5-6-19)33-28(39)34-11-3-4-21(16-34)32-26(37)20-9-7-18(14-31)8-10-20/h7-10,12-13,17,19,21H,3-6,11,15-16H2,1-2H3,(H,32,37)(H,33,39). The molecule has 2 aliphatic rings. The number of aromatic nitrogens is 2. The number of benzene rings is 2.